The van der Waals surface area contributed by atoms with E-state index in [1.807, 2.05) is 0 Å². The molecule has 0 fully saturated rings. The molecular weight excluding hydrogens is 432 g/mol. The second-order valence-electron chi connectivity index (χ2n) is 6.74. The molecule has 2 heterocycles. The Morgan fingerprint density at radius 2 is 2.16 bits per heavy atom. The third-order valence-corrected chi connectivity index (χ3v) is 4.68. The number of carbonyl (C=O) groups is 1. The van der Waals surface area contributed by atoms with E-state index in [4.69, 9.17) is 36.3 Å². The van der Waals surface area contributed by atoms with Gasteiger partial charge in [-0.1, -0.05) is 11.6 Å². The van der Waals surface area contributed by atoms with Crippen LogP contribution < -0.4 is 16.2 Å². The predicted octanol–water partition coefficient (Wildman–Crippen LogP) is 0.232. The zero-order chi connectivity index (χ0) is 22.4. The number of benzene rings is 1. The van der Waals surface area contributed by atoms with Crippen LogP contribution >= 0.6 is 11.6 Å². The molecule has 166 valence electrons. The number of oxazole rings is 1. The molecule has 4 N–H and O–H groups in total. The Morgan fingerprint density at radius 1 is 1.35 bits per heavy atom. The topological polar surface area (TPSA) is 163 Å². The van der Waals surface area contributed by atoms with Crippen molar-refractivity contribution < 1.29 is 28.9 Å². The van der Waals surface area contributed by atoms with Crippen molar-refractivity contribution >= 4 is 28.7 Å². The summed E-state index contributed by atoms with van der Waals surface area (Å²) in [5.41, 5.74) is 5.08. The van der Waals surface area contributed by atoms with Gasteiger partial charge >= 0.3 is 11.7 Å². The van der Waals surface area contributed by atoms with Gasteiger partial charge in [0.1, 0.15) is 18.1 Å². The number of aliphatic hydroxyl groups excluding tert-OH is 2. The lowest BCUT2D eigenvalue weighted by Gasteiger charge is -2.25. The van der Waals surface area contributed by atoms with Crippen LogP contribution in [-0.2, 0) is 22.7 Å². The molecule has 0 aliphatic heterocycles. The number of halogens is 1. The molecule has 0 aliphatic rings. The van der Waals surface area contributed by atoms with Gasteiger partial charge in [-0.3, -0.25) is 4.57 Å². The maximum atomic E-state index is 12.4. The summed E-state index contributed by atoms with van der Waals surface area (Å²) in [7, 11) is 0. The first-order chi connectivity index (χ1) is 14.9. The van der Waals surface area contributed by atoms with Gasteiger partial charge in [0, 0.05) is 25.3 Å². The molecule has 3 rings (SSSR count). The Labute approximate surface area is 181 Å². The molecule has 1 unspecified atom stereocenters. The van der Waals surface area contributed by atoms with E-state index in [9.17, 15) is 14.7 Å². The lowest BCUT2D eigenvalue weighted by molar-refractivity contribution is -0.152. The van der Waals surface area contributed by atoms with Gasteiger partial charge in [-0.25, -0.2) is 9.59 Å². The third kappa shape index (κ3) is 5.20. The van der Waals surface area contributed by atoms with Crippen molar-refractivity contribution in [2.75, 3.05) is 19.8 Å². The summed E-state index contributed by atoms with van der Waals surface area (Å²) in [6.45, 7) is -1.34. The molecule has 0 saturated carbocycles. The van der Waals surface area contributed by atoms with Crippen molar-refractivity contribution in [3.63, 3.8) is 0 Å². The first kappa shape index (κ1) is 22.7. The first-order valence-electron chi connectivity index (χ1n) is 9.28. The summed E-state index contributed by atoms with van der Waals surface area (Å²) in [6, 6.07) is 6.31. The maximum absolute atomic E-state index is 12.4. The monoisotopic (exact) mass is 452 g/mol. The van der Waals surface area contributed by atoms with Crippen LogP contribution in [0.1, 0.15) is 12.1 Å². The number of aromatic nitrogens is 3. The van der Waals surface area contributed by atoms with E-state index in [0.717, 1.165) is 4.57 Å². The standard InChI is InChI=1S/C19H21ClN4O7/c20-13-7-14-16(8-15(13)30-9-12-3-1-4-22-23-12)31-18(28)24(14)10-19(21,11-26)17(27)29-6-2-5-25/h1,3-4,7-8,25-26H,2,5-6,9-11,21H2. The van der Waals surface area contributed by atoms with Crippen molar-refractivity contribution in [1.82, 2.24) is 14.8 Å². The third-order valence-electron chi connectivity index (χ3n) is 4.39. The van der Waals surface area contributed by atoms with Crippen LogP contribution in [0.15, 0.2) is 39.7 Å². The molecule has 3 aromatic rings. The fraction of sp³-hybridized carbons (Fsp3) is 0.368. The number of ether oxygens (including phenoxy) is 2. The lowest BCUT2D eigenvalue weighted by atomic mass is 10.0. The number of nitrogens with zero attached hydrogens (tertiary/aromatic N) is 3. The molecule has 1 atom stereocenters. The van der Waals surface area contributed by atoms with Gasteiger partial charge < -0.3 is 29.8 Å². The van der Waals surface area contributed by atoms with Crippen LogP contribution in [-0.4, -0.2) is 56.3 Å². The molecule has 0 bridgehead atoms. The van der Waals surface area contributed by atoms with E-state index >= 15 is 0 Å². The highest BCUT2D eigenvalue weighted by Crippen LogP contribution is 2.30. The predicted molar refractivity (Wildman–Crippen MR) is 109 cm³/mol. The second kappa shape index (κ2) is 9.88. The normalized spacial score (nSPS) is 13.2. The summed E-state index contributed by atoms with van der Waals surface area (Å²) in [5.74, 6) is -1.46. The number of fused-ring (bicyclic) bond motifs is 1. The van der Waals surface area contributed by atoms with Gasteiger partial charge in [0.05, 0.1) is 30.3 Å². The molecule has 12 heteroatoms. The van der Waals surface area contributed by atoms with Crippen LogP contribution in [0.25, 0.3) is 11.1 Å². The zero-order valence-corrected chi connectivity index (χ0v) is 17.1. The summed E-state index contributed by atoms with van der Waals surface area (Å²) in [6.07, 6.45) is 1.75. The average molecular weight is 453 g/mol. The SMILES string of the molecule is NC(CO)(Cn1c(=O)oc2cc(OCc3cccnn3)c(Cl)cc21)C(=O)OCCCO. The minimum atomic E-state index is -1.90. The van der Waals surface area contributed by atoms with Gasteiger partial charge in [-0.2, -0.15) is 10.2 Å². The lowest BCUT2D eigenvalue weighted by Crippen LogP contribution is -2.56. The molecule has 31 heavy (non-hydrogen) atoms. The van der Waals surface area contributed by atoms with Gasteiger partial charge in [-0.05, 0) is 18.2 Å². The number of carbonyl (C=O) groups excluding carboxylic acids is 1. The fourth-order valence-corrected chi connectivity index (χ4v) is 2.93. The van der Waals surface area contributed by atoms with Crippen molar-refractivity contribution in [2.24, 2.45) is 5.73 Å². The molecule has 0 saturated heterocycles. The molecule has 2 aromatic heterocycles. The highest BCUT2D eigenvalue weighted by molar-refractivity contribution is 6.32. The van der Waals surface area contributed by atoms with E-state index in [-0.39, 0.29) is 48.1 Å². The maximum Gasteiger partial charge on any atom is 0.420 e. The van der Waals surface area contributed by atoms with Crippen molar-refractivity contribution in [2.45, 2.75) is 25.1 Å². The van der Waals surface area contributed by atoms with Crippen LogP contribution in [0.2, 0.25) is 5.02 Å². The van der Waals surface area contributed by atoms with Crippen molar-refractivity contribution in [3.8, 4) is 5.75 Å². The van der Waals surface area contributed by atoms with Gasteiger partial charge in [0.25, 0.3) is 0 Å². The largest absolute Gasteiger partial charge is 0.486 e. The average Bonchev–Trinajstić information content (AvgIpc) is 3.06. The van der Waals surface area contributed by atoms with Gasteiger partial charge in [-0.15, -0.1) is 0 Å². The Morgan fingerprint density at radius 3 is 2.84 bits per heavy atom. The number of esters is 1. The number of nitrogens with two attached hydrogens (primary N) is 1. The molecule has 11 nitrogen and oxygen atoms in total. The zero-order valence-electron chi connectivity index (χ0n) is 16.4. The number of hydrogen-bond acceptors (Lipinski definition) is 10. The minimum absolute atomic E-state index is 0.0758. The summed E-state index contributed by atoms with van der Waals surface area (Å²) < 4.78 is 16.9. The molecule has 0 spiro atoms. The number of rotatable bonds is 10. The Bertz CT molecular complexity index is 1100. The van der Waals surface area contributed by atoms with Gasteiger partial charge in [0.2, 0.25) is 0 Å². The van der Waals surface area contributed by atoms with E-state index in [1.54, 1.807) is 12.1 Å². The molecule has 0 radical (unpaired) electrons. The van der Waals surface area contributed by atoms with Crippen LogP contribution in [0.4, 0.5) is 0 Å². The first-order valence-corrected chi connectivity index (χ1v) is 9.66. The van der Waals surface area contributed by atoms with Gasteiger partial charge in [0.15, 0.2) is 11.1 Å². The second-order valence-corrected chi connectivity index (χ2v) is 7.14. The van der Waals surface area contributed by atoms with E-state index in [2.05, 4.69) is 10.2 Å². The fourth-order valence-electron chi connectivity index (χ4n) is 2.72. The minimum Gasteiger partial charge on any atom is -0.486 e. The van der Waals surface area contributed by atoms with E-state index < -0.39 is 30.4 Å². The Kier molecular flexibility index (Phi) is 7.23. The molecular formula is C19H21ClN4O7. The van der Waals surface area contributed by atoms with Crippen LogP contribution in [0, 0.1) is 0 Å². The summed E-state index contributed by atoms with van der Waals surface area (Å²) in [4.78, 5) is 24.7. The summed E-state index contributed by atoms with van der Waals surface area (Å²) >= 11 is 6.29. The summed E-state index contributed by atoms with van der Waals surface area (Å²) in [5, 5.41) is 26.3. The smallest absolute Gasteiger partial charge is 0.420 e. The number of aliphatic hydroxyl groups is 2. The highest BCUT2D eigenvalue weighted by Gasteiger charge is 2.37. The van der Waals surface area contributed by atoms with E-state index in [1.165, 1.54) is 18.3 Å². The van der Waals surface area contributed by atoms with E-state index in [0.29, 0.717) is 5.69 Å². The van der Waals surface area contributed by atoms with Crippen LogP contribution in [0.5, 0.6) is 5.75 Å². The van der Waals surface area contributed by atoms with Crippen molar-refractivity contribution in [3.05, 3.63) is 51.7 Å². The molecule has 0 aliphatic carbocycles. The Hall–Kier alpha value is -2.99. The van der Waals surface area contributed by atoms with Crippen molar-refractivity contribution in [1.29, 1.82) is 0 Å². The molecule has 0 amide bonds. The highest BCUT2D eigenvalue weighted by atomic mass is 35.5. The van der Waals surface area contributed by atoms with Crippen LogP contribution in [0.3, 0.4) is 0 Å². The molecule has 1 aromatic carbocycles. The Balaban J connectivity index is 1.84. The number of hydrogen-bond donors (Lipinski definition) is 3. The quantitative estimate of drug-likeness (QED) is 0.286.